The Bertz CT molecular complexity index is 2710. The molecule has 4 amide bonds. The molecule has 2 aromatic heterocycles. The first-order valence-corrected chi connectivity index (χ1v) is 35.2. The van der Waals surface area contributed by atoms with Crippen molar-refractivity contribution in [3.05, 3.63) is 112 Å². The fourth-order valence-electron chi connectivity index (χ4n) is 10.6. The number of ether oxygens (including phenoxy) is 2. The average Bonchev–Trinajstić information content (AvgIpc) is 3.86. The summed E-state index contributed by atoms with van der Waals surface area (Å²) in [5.41, 5.74) is 4.79. The van der Waals surface area contributed by atoms with Crippen LogP contribution in [0, 0.1) is 11.8 Å². The molecule has 8 heterocycles. The molecule has 0 bridgehead atoms. The zero-order valence-electron chi connectivity index (χ0n) is 41.4. The number of aliphatic imine (C=N–C) groups is 2. The van der Waals surface area contributed by atoms with E-state index >= 15 is 19.2 Å². The Morgan fingerprint density at radius 2 is 0.972 bits per heavy atom. The van der Waals surface area contributed by atoms with Crippen molar-refractivity contribution in [2.75, 3.05) is 26.3 Å². The Kier molecular flexibility index (Phi) is 14.6. The summed E-state index contributed by atoms with van der Waals surface area (Å²) in [6.45, 7) is 16.9. The number of carbonyl (C=O) groups is 4. The Balaban J connectivity index is 1.02. The fraction of sp³-hybridized carbons (Fsp3) is 0.480. The lowest BCUT2D eigenvalue weighted by atomic mass is 9.79. The van der Waals surface area contributed by atoms with Gasteiger partial charge >= 0.3 is 0 Å². The van der Waals surface area contributed by atoms with E-state index in [2.05, 4.69) is 103 Å². The van der Waals surface area contributed by atoms with Gasteiger partial charge in [-0.3, -0.25) is 29.0 Å². The number of halogens is 4. The van der Waals surface area contributed by atoms with Gasteiger partial charge in [0.25, 0.3) is 23.6 Å². The molecule has 0 saturated carbocycles. The lowest BCUT2D eigenvalue weighted by Crippen LogP contribution is -2.63. The SMILES string of the molecule is C[Si](C)(C)CCOCn1c(C(=O)N2C[C@H]([C@H]3C[C@H]4C(=O)N5Cc6ccccc6CN=C5N4N(C(=O)c4cc(Br)c(Br)n4COCC[Si](C)(C)C)C3)C[C@@H]3C(=O)N4Cc5ccccc5CN=C4N32)cc(Br)c1Br. The van der Waals surface area contributed by atoms with Crippen molar-refractivity contribution < 1.29 is 28.7 Å². The van der Waals surface area contributed by atoms with Gasteiger partial charge in [0.05, 0.1) is 35.1 Å². The van der Waals surface area contributed by atoms with E-state index in [1.807, 2.05) is 67.7 Å². The minimum Gasteiger partial charge on any atom is -0.361 e. The van der Waals surface area contributed by atoms with E-state index in [0.29, 0.717) is 93.7 Å². The van der Waals surface area contributed by atoms with Gasteiger partial charge in [0.1, 0.15) is 46.1 Å². The van der Waals surface area contributed by atoms with Crippen molar-refractivity contribution in [1.82, 2.24) is 39.0 Å². The summed E-state index contributed by atoms with van der Waals surface area (Å²) < 4.78 is 18.8. The van der Waals surface area contributed by atoms with Crippen LogP contribution < -0.4 is 0 Å². The summed E-state index contributed by atoms with van der Waals surface area (Å²) in [5, 5.41) is 7.02. The molecule has 0 unspecified atom stereocenters. The molecule has 2 aromatic carbocycles. The molecular weight excluding hydrogens is 1210 g/mol. The number of amides is 4. The van der Waals surface area contributed by atoms with E-state index in [4.69, 9.17) is 19.5 Å². The van der Waals surface area contributed by atoms with Crippen LogP contribution in [0.3, 0.4) is 0 Å². The van der Waals surface area contributed by atoms with E-state index in [0.717, 1.165) is 34.3 Å². The Morgan fingerprint density at radius 3 is 1.35 bits per heavy atom. The van der Waals surface area contributed by atoms with Crippen molar-refractivity contribution in [3.63, 3.8) is 0 Å². The number of hydrazine groups is 2. The summed E-state index contributed by atoms with van der Waals surface area (Å²) in [5.74, 6) is -0.739. The highest BCUT2D eigenvalue weighted by Gasteiger charge is 2.57. The second-order valence-electron chi connectivity index (χ2n) is 22.0. The van der Waals surface area contributed by atoms with Crippen LogP contribution in [0.2, 0.25) is 51.4 Å². The maximum Gasteiger partial charge on any atom is 0.289 e. The number of guanidine groups is 2. The van der Waals surface area contributed by atoms with Crippen molar-refractivity contribution >= 4 is 115 Å². The van der Waals surface area contributed by atoms with Crippen LogP contribution >= 0.6 is 63.7 Å². The van der Waals surface area contributed by atoms with E-state index < -0.39 is 28.2 Å². The van der Waals surface area contributed by atoms with Gasteiger partial charge < -0.3 is 18.6 Å². The first kappa shape index (κ1) is 51.6. The van der Waals surface area contributed by atoms with Gasteiger partial charge in [0.2, 0.25) is 11.9 Å². The quantitative estimate of drug-likeness (QED) is 0.0953. The molecule has 4 aromatic rings. The van der Waals surface area contributed by atoms with Gasteiger partial charge in [-0.15, -0.1) is 0 Å². The molecule has 72 heavy (non-hydrogen) atoms. The molecule has 4 fully saturated rings. The number of nitrogens with zero attached hydrogens (tertiary/aromatic N) is 10. The standard InChI is InChI=1S/C50H60Br4N10O6Si2/c1-71(2,3)17-15-69-29-59-39(21-37(51)43(59)53)47(67)61-27-35(19-41-45(65)57-25-33-13-9-7-11-31(33)23-55-49(57)63(41)61)36-20-42-46(66)58-26-34-14-10-8-12-32(34)24-56-50(58)64(42)62(28-36)48(68)40-22-38(52)44(54)60(40)30-70-16-18-72(4,5)6/h7-14,21-22,35-36,41-42H,15-20,23-30H2,1-6H3/t35-,36+,41-,42+. The van der Waals surface area contributed by atoms with E-state index in [9.17, 15) is 0 Å². The molecule has 382 valence electrons. The molecule has 10 rings (SSSR count). The smallest absolute Gasteiger partial charge is 0.289 e. The maximum absolute atomic E-state index is 15.6. The molecule has 0 N–H and O–H groups in total. The Hall–Kier alpha value is -3.91. The van der Waals surface area contributed by atoms with Gasteiger partial charge in [-0.25, -0.2) is 30.0 Å². The number of aromatic nitrogens is 2. The van der Waals surface area contributed by atoms with Crippen LogP contribution in [0.15, 0.2) is 88.8 Å². The third kappa shape index (κ3) is 9.91. The van der Waals surface area contributed by atoms with Gasteiger partial charge in [-0.2, -0.15) is 0 Å². The molecule has 0 radical (unpaired) electrons. The fourth-order valence-corrected chi connectivity index (χ4v) is 13.7. The summed E-state index contributed by atoms with van der Waals surface area (Å²) in [4.78, 5) is 74.8. The monoisotopic (exact) mass is 1270 g/mol. The van der Waals surface area contributed by atoms with Gasteiger partial charge in [-0.05, 0) is 135 Å². The van der Waals surface area contributed by atoms with Gasteiger partial charge in [-0.1, -0.05) is 87.8 Å². The largest absolute Gasteiger partial charge is 0.361 e. The average molecular weight is 1270 g/mol. The molecule has 0 aliphatic carbocycles. The third-order valence-electron chi connectivity index (χ3n) is 14.6. The Morgan fingerprint density at radius 1 is 0.597 bits per heavy atom. The number of rotatable bonds is 13. The lowest BCUT2D eigenvalue weighted by molar-refractivity contribution is -0.138. The predicted molar refractivity (Wildman–Crippen MR) is 294 cm³/mol. The predicted octanol–water partition coefficient (Wildman–Crippen LogP) is 9.58. The number of fused-ring (bicyclic) bond motifs is 8. The highest BCUT2D eigenvalue weighted by molar-refractivity contribution is 9.13. The molecule has 16 nitrogen and oxygen atoms in total. The van der Waals surface area contributed by atoms with Crippen molar-refractivity contribution in [2.45, 2.75) is 116 Å². The summed E-state index contributed by atoms with van der Waals surface area (Å²) in [6, 6.07) is 20.0. The Labute approximate surface area is 456 Å². The molecule has 4 saturated heterocycles. The zero-order chi connectivity index (χ0) is 51.0. The normalized spacial score (nSPS) is 21.9. The van der Waals surface area contributed by atoms with Crippen LogP contribution in [0.5, 0.6) is 0 Å². The molecule has 6 aliphatic rings. The highest BCUT2D eigenvalue weighted by atomic mass is 79.9. The number of benzene rings is 2. The van der Waals surface area contributed by atoms with Gasteiger partial charge in [0, 0.05) is 42.5 Å². The number of carbonyl (C=O) groups excluding carboxylic acids is 4. The van der Waals surface area contributed by atoms with E-state index in [1.54, 1.807) is 32.0 Å². The van der Waals surface area contributed by atoms with E-state index in [1.165, 1.54) is 0 Å². The number of hydrogen-bond acceptors (Lipinski definition) is 10. The zero-order valence-corrected chi connectivity index (χ0v) is 49.8. The van der Waals surface area contributed by atoms with Gasteiger partial charge in [0.15, 0.2) is 0 Å². The topological polar surface area (TPSA) is 141 Å². The lowest BCUT2D eigenvalue weighted by Gasteiger charge is -2.49. The second kappa shape index (κ2) is 20.3. The van der Waals surface area contributed by atoms with Crippen LogP contribution in [-0.2, 0) is 58.7 Å². The molecule has 6 aliphatic heterocycles. The first-order valence-electron chi connectivity index (χ1n) is 24.6. The highest BCUT2D eigenvalue weighted by Crippen LogP contribution is 2.44. The summed E-state index contributed by atoms with van der Waals surface area (Å²) in [6.07, 6.45) is 0.746. The second-order valence-corrected chi connectivity index (χ2v) is 36.4. The maximum atomic E-state index is 15.6. The van der Waals surface area contributed by atoms with Crippen molar-refractivity contribution in [3.8, 4) is 0 Å². The first-order chi connectivity index (χ1) is 34.3. The van der Waals surface area contributed by atoms with Crippen LogP contribution in [0.4, 0.5) is 0 Å². The van der Waals surface area contributed by atoms with Crippen LogP contribution in [0.25, 0.3) is 0 Å². The summed E-state index contributed by atoms with van der Waals surface area (Å²) in [7, 11) is -2.79. The minimum atomic E-state index is -1.40. The molecule has 0 spiro atoms. The molecular formula is C50H60Br4N10O6Si2. The van der Waals surface area contributed by atoms with Crippen molar-refractivity contribution in [2.24, 2.45) is 21.8 Å². The van der Waals surface area contributed by atoms with Crippen molar-refractivity contribution in [1.29, 1.82) is 0 Å². The van der Waals surface area contributed by atoms with Crippen LogP contribution in [-0.4, -0.2) is 129 Å². The third-order valence-corrected chi connectivity index (χ3v) is 22.0. The molecule has 22 heteroatoms. The minimum absolute atomic E-state index is 0.140. The molecule has 4 atom stereocenters. The van der Waals surface area contributed by atoms with E-state index in [-0.39, 0.29) is 62.0 Å². The van der Waals surface area contributed by atoms with Crippen LogP contribution in [0.1, 0.15) is 56.1 Å². The number of hydrogen-bond donors (Lipinski definition) is 0. The summed E-state index contributed by atoms with van der Waals surface area (Å²) >= 11 is 14.8.